The Balaban J connectivity index is 1.50. The van der Waals surface area contributed by atoms with Crippen LogP contribution in [0.1, 0.15) is 6.42 Å². The summed E-state index contributed by atoms with van der Waals surface area (Å²) in [6.07, 6.45) is -20.1. The van der Waals surface area contributed by atoms with Gasteiger partial charge in [-0.2, -0.15) is 0 Å². The molecule has 0 aromatic heterocycles. The van der Waals surface area contributed by atoms with Crippen LogP contribution in [0, 0.1) is 0 Å². The standard InChI is InChI=1S/C23H45N5O14/c24-2-7-13(32)15(34)11(27)21(37-7)41-19-9(4-30)39-23(17(19)36)42-20-10(26)6(31)1-5(25)18(20)40-22-12(28)16(35)14(33)8(3-29)38-22/h5-23,29-36H,1-4,24-28H2. The zero-order valence-corrected chi connectivity index (χ0v) is 22.7. The van der Waals surface area contributed by atoms with Crippen LogP contribution in [0.4, 0.5) is 0 Å². The first-order valence-corrected chi connectivity index (χ1v) is 13.8. The number of hydrogen-bond donors (Lipinski definition) is 13. The third-order valence-electron chi connectivity index (χ3n) is 8.34. The lowest BCUT2D eigenvalue weighted by molar-refractivity contribution is -0.306. The van der Waals surface area contributed by atoms with E-state index in [4.69, 9.17) is 57.1 Å². The fourth-order valence-corrected chi connectivity index (χ4v) is 5.69. The van der Waals surface area contributed by atoms with Gasteiger partial charge in [0.1, 0.15) is 67.1 Å². The monoisotopic (exact) mass is 615 g/mol. The van der Waals surface area contributed by atoms with Crippen LogP contribution in [-0.2, 0) is 28.4 Å². The van der Waals surface area contributed by atoms with Crippen molar-refractivity contribution in [1.82, 2.24) is 0 Å². The van der Waals surface area contributed by atoms with Gasteiger partial charge in [-0.3, -0.25) is 0 Å². The van der Waals surface area contributed by atoms with Crippen molar-refractivity contribution in [2.24, 2.45) is 28.7 Å². The van der Waals surface area contributed by atoms with Crippen LogP contribution in [-0.4, -0.2) is 177 Å². The predicted molar refractivity (Wildman–Crippen MR) is 136 cm³/mol. The lowest BCUT2D eigenvalue weighted by Gasteiger charge is -2.47. The molecule has 4 fully saturated rings. The van der Waals surface area contributed by atoms with Crippen molar-refractivity contribution in [3.05, 3.63) is 0 Å². The average molecular weight is 616 g/mol. The highest BCUT2D eigenvalue weighted by molar-refractivity contribution is 5.02. The Kier molecular flexibility index (Phi) is 11.5. The molecule has 0 aromatic carbocycles. The molecule has 246 valence electrons. The Morgan fingerprint density at radius 2 is 1.02 bits per heavy atom. The first-order chi connectivity index (χ1) is 19.8. The molecule has 19 nitrogen and oxygen atoms in total. The van der Waals surface area contributed by atoms with Crippen LogP contribution in [0.2, 0.25) is 0 Å². The molecule has 0 aromatic rings. The highest BCUT2D eigenvalue weighted by atomic mass is 16.8. The van der Waals surface area contributed by atoms with Gasteiger partial charge in [-0.15, -0.1) is 0 Å². The summed E-state index contributed by atoms with van der Waals surface area (Å²) in [6.45, 7) is -1.47. The molecule has 19 unspecified atom stereocenters. The van der Waals surface area contributed by atoms with Crippen molar-refractivity contribution in [3.63, 3.8) is 0 Å². The number of aliphatic hydroxyl groups excluding tert-OH is 8. The minimum absolute atomic E-state index is 0.0330. The van der Waals surface area contributed by atoms with Crippen LogP contribution in [0.5, 0.6) is 0 Å². The van der Waals surface area contributed by atoms with Gasteiger partial charge < -0.3 is 97.9 Å². The summed E-state index contributed by atoms with van der Waals surface area (Å²) in [6, 6.07) is -4.58. The van der Waals surface area contributed by atoms with E-state index in [1.807, 2.05) is 0 Å². The van der Waals surface area contributed by atoms with E-state index in [0.717, 1.165) is 0 Å². The normalized spacial score (nSPS) is 53.8. The van der Waals surface area contributed by atoms with E-state index in [0.29, 0.717) is 0 Å². The summed E-state index contributed by atoms with van der Waals surface area (Å²) in [4.78, 5) is 0. The lowest BCUT2D eigenvalue weighted by atomic mass is 9.84. The number of ether oxygens (including phenoxy) is 6. The maximum atomic E-state index is 11.1. The maximum absolute atomic E-state index is 11.1. The fraction of sp³-hybridized carbons (Fsp3) is 1.00. The molecule has 3 saturated heterocycles. The summed E-state index contributed by atoms with van der Waals surface area (Å²) in [5, 5.41) is 81.9. The highest BCUT2D eigenvalue weighted by Crippen LogP contribution is 2.34. The Bertz CT molecular complexity index is 866. The molecule has 19 atom stereocenters. The van der Waals surface area contributed by atoms with E-state index in [9.17, 15) is 40.9 Å². The van der Waals surface area contributed by atoms with E-state index in [2.05, 4.69) is 0 Å². The van der Waals surface area contributed by atoms with Gasteiger partial charge in [-0.05, 0) is 6.42 Å². The molecule has 1 aliphatic carbocycles. The number of aliphatic hydroxyl groups is 8. The molecule has 0 bridgehead atoms. The van der Waals surface area contributed by atoms with Crippen molar-refractivity contribution >= 4 is 0 Å². The van der Waals surface area contributed by atoms with Gasteiger partial charge in [0.2, 0.25) is 0 Å². The van der Waals surface area contributed by atoms with Gasteiger partial charge in [0.15, 0.2) is 18.9 Å². The molecule has 42 heavy (non-hydrogen) atoms. The van der Waals surface area contributed by atoms with E-state index in [-0.39, 0.29) is 13.0 Å². The topological polar surface area (TPSA) is 347 Å². The smallest absolute Gasteiger partial charge is 0.187 e. The SMILES string of the molecule is NCC1OC(OC2C(CO)OC(OC3C(N)C(O)CC(N)C3OC3OC(CO)C(O)C(O)C3N)C2O)C(N)C(O)C1O. The molecule has 0 radical (unpaired) electrons. The van der Waals surface area contributed by atoms with Crippen molar-refractivity contribution in [2.45, 2.75) is 123 Å². The molecular formula is C23H45N5O14. The second-order valence-electron chi connectivity index (χ2n) is 11.2. The third kappa shape index (κ3) is 6.60. The molecule has 0 spiro atoms. The lowest BCUT2D eigenvalue weighted by Crippen LogP contribution is -2.68. The number of hydrogen-bond acceptors (Lipinski definition) is 19. The predicted octanol–water partition coefficient (Wildman–Crippen LogP) is -8.86. The van der Waals surface area contributed by atoms with Crippen LogP contribution in [0.3, 0.4) is 0 Å². The largest absolute Gasteiger partial charge is 0.394 e. The van der Waals surface area contributed by atoms with Crippen LogP contribution < -0.4 is 28.7 Å². The zero-order valence-electron chi connectivity index (χ0n) is 22.7. The average Bonchev–Trinajstić information content (AvgIpc) is 3.27. The minimum atomic E-state index is -1.61. The molecule has 18 N–H and O–H groups in total. The Morgan fingerprint density at radius 1 is 0.548 bits per heavy atom. The first kappa shape index (κ1) is 34.1. The molecule has 4 aliphatic rings. The van der Waals surface area contributed by atoms with Crippen molar-refractivity contribution in [3.8, 4) is 0 Å². The molecule has 3 heterocycles. The number of nitrogens with two attached hydrogens (primary N) is 5. The summed E-state index contributed by atoms with van der Waals surface area (Å²) in [5.74, 6) is 0. The fourth-order valence-electron chi connectivity index (χ4n) is 5.69. The van der Waals surface area contributed by atoms with Crippen LogP contribution in [0.15, 0.2) is 0 Å². The van der Waals surface area contributed by atoms with Crippen molar-refractivity contribution < 1.29 is 69.3 Å². The van der Waals surface area contributed by atoms with E-state index in [1.165, 1.54) is 0 Å². The second-order valence-corrected chi connectivity index (χ2v) is 11.2. The van der Waals surface area contributed by atoms with Crippen molar-refractivity contribution in [1.29, 1.82) is 0 Å². The molecule has 19 heteroatoms. The van der Waals surface area contributed by atoms with Gasteiger partial charge in [0.05, 0.1) is 37.4 Å². The van der Waals surface area contributed by atoms with Gasteiger partial charge in [-0.25, -0.2) is 0 Å². The molecule has 3 aliphatic heterocycles. The Morgan fingerprint density at radius 3 is 1.57 bits per heavy atom. The minimum Gasteiger partial charge on any atom is -0.394 e. The van der Waals surface area contributed by atoms with E-state index >= 15 is 0 Å². The summed E-state index contributed by atoms with van der Waals surface area (Å²) < 4.78 is 34.5. The summed E-state index contributed by atoms with van der Waals surface area (Å²) in [7, 11) is 0. The maximum Gasteiger partial charge on any atom is 0.187 e. The van der Waals surface area contributed by atoms with Gasteiger partial charge in [-0.1, -0.05) is 0 Å². The highest BCUT2D eigenvalue weighted by Gasteiger charge is 2.54. The van der Waals surface area contributed by atoms with Gasteiger partial charge >= 0.3 is 0 Å². The number of rotatable bonds is 9. The summed E-state index contributed by atoms with van der Waals surface area (Å²) in [5.41, 5.74) is 30.1. The molecule has 0 amide bonds. The van der Waals surface area contributed by atoms with E-state index < -0.39 is 129 Å². The quantitative estimate of drug-likeness (QED) is 0.114. The van der Waals surface area contributed by atoms with E-state index in [1.54, 1.807) is 0 Å². The first-order valence-electron chi connectivity index (χ1n) is 13.8. The Labute approximate surface area is 240 Å². The van der Waals surface area contributed by atoms with Crippen LogP contribution in [0.25, 0.3) is 0 Å². The molecule has 1 saturated carbocycles. The second kappa shape index (κ2) is 14.1. The molecular weight excluding hydrogens is 570 g/mol. The van der Waals surface area contributed by atoms with Crippen molar-refractivity contribution in [2.75, 3.05) is 19.8 Å². The van der Waals surface area contributed by atoms with Crippen LogP contribution >= 0.6 is 0 Å². The Hall–Kier alpha value is -0.760. The summed E-state index contributed by atoms with van der Waals surface area (Å²) >= 11 is 0. The zero-order chi connectivity index (χ0) is 31.0. The van der Waals surface area contributed by atoms with Gasteiger partial charge in [0.25, 0.3) is 0 Å². The van der Waals surface area contributed by atoms with Gasteiger partial charge in [0, 0.05) is 12.6 Å². The third-order valence-corrected chi connectivity index (χ3v) is 8.34. The molecule has 4 rings (SSSR count).